The Morgan fingerprint density at radius 2 is 2.18 bits per heavy atom. The molecule has 0 bridgehead atoms. The fraction of sp³-hybridized carbons (Fsp3) is 1.00. The van der Waals surface area contributed by atoms with Gasteiger partial charge in [0.15, 0.2) is 6.29 Å². The van der Waals surface area contributed by atoms with Gasteiger partial charge in [-0.1, -0.05) is 6.42 Å². The first-order chi connectivity index (χ1) is 5.36. The summed E-state index contributed by atoms with van der Waals surface area (Å²) in [5, 5.41) is 8.85. The van der Waals surface area contributed by atoms with Crippen LogP contribution < -0.4 is 0 Å². The van der Waals surface area contributed by atoms with Crippen LogP contribution in [0.1, 0.15) is 25.7 Å². The van der Waals surface area contributed by atoms with E-state index in [4.69, 9.17) is 14.6 Å². The van der Waals surface area contributed by atoms with Gasteiger partial charge in [0.2, 0.25) is 0 Å². The van der Waals surface area contributed by atoms with Crippen LogP contribution in [0.4, 0.5) is 0 Å². The van der Waals surface area contributed by atoms with E-state index in [1.54, 1.807) is 7.11 Å². The molecule has 1 heterocycles. The number of hydrogen-bond donors (Lipinski definition) is 1. The maximum atomic E-state index is 8.85. The zero-order valence-electron chi connectivity index (χ0n) is 6.95. The van der Waals surface area contributed by atoms with Gasteiger partial charge in [-0.3, -0.25) is 0 Å². The van der Waals surface area contributed by atoms with Crippen LogP contribution in [0.25, 0.3) is 0 Å². The predicted octanol–water partition coefficient (Wildman–Crippen LogP) is 0.910. The molecule has 1 saturated heterocycles. The standard InChI is InChI=1S/C8H16O3/c1-10-8-5-3-2-4-7(6-9)11-8/h7-9H,2-6H2,1H3. The van der Waals surface area contributed by atoms with E-state index in [1.165, 1.54) is 0 Å². The molecule has 1 fully saturated rings. The zero-order valence-corrected chi connectivity index (χ0v) is 6.95. The van der Waals surface area contributed by atoms with Crippen molar-refractivity contribution >= 4 is 0 Å². The van der Waals surface area contributed by atoms with E-state index >= 15 is 0 Å². The first-order valence-corrected chi connectivity index (χ1v) is 4.16. The highest BCUT2D eigenvalue weighted by atomic mass is 16.7. The van der Waals surface area contributed by atoms with E-state index in [0.29, 0.717) is 0 Å². The van der Waals surface area contributed by atoms with E-state index in [-0.39, 0.29) is 19.0 Å². The van der Waals surface area contributed by atoms with Crippen LogP contribution in [0, 0.1) is 0 Å². The zero-order chi connectivity index (χ0) is 8.10. The van der Waals surface area contributed by atoms with Crippen molar-refractivity contribution in [2.24, 2.45) is 0 Å². The molecule has 0 amide bonds. The Labute approximate surface area is 67.3 Å². The molecule has 1 aliphatic rings. The molecule has 0 aliphatic carbocycles. The molecule has 1 rings (SSSR count). The van der Waals surface area contributed by atoms with E-state index in [0.717, 1.165) is 25.7 Å². The summed E-state index contributed by atoms with van der Waals surface area (Å²) in [6.45, 7) is 0.111. The second-order valence-electron chi connectivity index (χ2n) is 2.89. The van der Waals surface area contributed by atoms with E-state index in [1.807, 2.05) is 0 Å². The Hall–Kier alpha value is -0.120. The summed E-state index contributed by atoms with van der Waals surface area (Å²) < 4.78 is 10.5. The van der Waals surface area contributed by atoms with Gasteiger partial charge in [-0.25, -0.2) is 0 Å². The van der Waals surface area contributed by atoms with Crippen molar-refractivity contribution in [1.29, 1.82) is 0 Å². The second kappa shape index (κ2) is 4.70. The highest BCUT2D eigenvalue weighted by molar-refractivity contribution is 4.63. The topological polar surface area (TPSA) is 38.7 Å². The van der Waals surface area contributed by atoms with E-state index in [9.17, 15) is 0 Å². The average molecular weight is 160 g/mol. The van der Waals surface area contributed by atoms with Crippen LogP contribution in [0.15, 0.2) is 0 Å². The van der Waals surface area contributed by atoms with Crippen molar-refractivity contribution in [1.82, 2.24) is 0 Å². The van der Waals surface area contributed by atoms with Gasteiger partial charge in [-0.15, -0.1) is 0 Å². The lowest BCUT2D eigenvalue weighted by molar-refractivity contribution is -0.160. The highest BCUT2D eigenvalue weighted by Gasteiger charge is 2.18. The van der Waals surface area contributed by atoms with Gasteiger partial charge in [-0.2, -0.15) is 0 Å². The first-order valence-electron chi connectivity index (χ1n) is 4.16. The van der Waals surface area contributed by atoms with Crippen molar-refractivity contribution < 1.29 is 14.6 Å². The minimum Gasteiger partial charge on any atom is -0.394 e. The summed E-state index contributed by atoms with van der Waals surface area (Å²) in [5.74, 6) is 0. The quantitative estimate of drug-likeness (QED) is 0.652. The van der Waals surface area contributed by atoms with Crippen molar-refractivity contribution in [3.8, 4) is 0 Å². The number of aliphatic hydroxyl groups excluding tert-OH is 1. The average Bonchev–Trinajstić information content (AvgIpc) is 2.28. The number of hydrogen-bond acceptors (Lipinski definition) is 3. The molecule has 3 heteroatoms. The van der Waals surface area contributed by atoms with Crippen LogP contribution in [0.2, 0.25) is 0 Å². The lowest BCUT2D eigenvalue weighted by atomic mass is 10.1. The Balaban J connectivity index is 2.33. The monoisotopic (exact) mass is 160 g/mol. The van der Waals surface area contributed by atoms with E-state index < -0.39 is 0 Å². The van der Waals surface area contributed by atoms with E-state index in [2.05, 4.69) is 0 Å². The molecule has 2 atom stereocenters. The number of rotatable bonds is 2. The SMILES string of the molecule is COC1CCCCC(CO)O1. The van der Waals surface area contributed by atoms with Gasteiger partial charge in [-0.05, 0) is 19.3 Å². The molecule has 3 nitrogen and oxygen atoms in total. The van der Waals surface area contributed by atoms with Crippen LogP contribution in [-0.2, 0) is 9.47 Å². The maximum Gasteiger partial charge on any atom is 0.157 e. The summed E-state index contributed by atoms with van der Waals surface area (Å²) in [6, 6.07) is 0. The number of aliphatic hydroxyl groups is 1. The van der Waals surface area contributed by atoms with Gasteiger partial charge in [0.25, 0.3) is 0 Å². The largest absolute Gasteiger partial charge is 0.394 e. The fourth-order valence-corrected chi connectivity index (χ4v) is 1.34. The minimum atomic E-state index is -0.102. The van der Waals surface area contributed by atoms with Crippen molar-refractivity contribution in [3.05, 3.63) is 0 Å². The lowest BCUT2D eigenvalue weighted by Gasteiger charge is -2.18. The van der Waals surface area contributed by atoms with Crippen molar-refractivity contribution in [3.63, 3.8) is 0 Å². The molecule has 0 aromatic rings. The van der Waals surface area contributed by atoms with Gasteiger partial charge in [0.05, 0.1) is 12.7 Å². The predicted molar refractivity (Wildman–Crippen MR) is 41.2 cm³/mol. The molecule has 2 unspecified atom stereocenters. The summed E-state index contributed by atoms with van der Waals surface area (Å²) in [7, 11) is 1.64. The minimum absolute atomic E-state index is 0.0116. The summed E-state index contributed by atoms with van der Waals surface area (Å²) in [6.07, 6.45) is 4.06. The first kappa shape index (κ1) is 8.97. The third kappa shape index (κ3) is 2.77. The summed E-state index contributed by atoms with van der Waals surface area (Å²) in [4.78, 5) is 0. The highest BCUT2D eigenvalue weighted by Crippen LogP contribution is 2.18. The smallest absolute Gasteiger partial charge is 0.157 e. The van der Waals surface area contributed by atoms with Gasteiger partial charge >= 0.3 is 0 Å². The second-order valence-corrected chi connectivity index (χ2v) is 2.89. The number of methoxy groups -OCH3 is 1. The van der Waals surface area contributed by atoms with Crippen LogP contribution in [-0.4, -0.2) is 31.2 Å². The maximum absolute atomic E-state index is 8.85. The van der Waals surface area contributed by atoms with Gasteiger partial charge < -0.3 is 14.6 Å². The molecule has 1 aliphatic heterocycles. The molecule has 0 aromatic carbocycles. The van der Waals surface area contributed by atoms with Crippen LogP contribution in [0.3, 0.4) is 0 Å². The van der Waals surface area contributed by atoms with Crippen LogP contribution >= 0.6 is 0 Å². The Morgan fingerprint density at radius 3 is 2.82 bits per heavy atom. The number of ether oxygens (including phenoxy) is 2. The third-order valence-corrected chi connectivity index (χ3v) is 2.03. The molecule has 0 saturated carbocycles. The normalized spacial score (nSPS) is 33.3. The summed E-state index contributed by atoms with van der Waals surface area (Å²) >= 11 is 0. The molecule has 0 radical (unpaired) electrons. The molecule has 66 valence electrons. The molecule has 0 spiro atoms. The fourth-order valence-electron chi connectivity index (χ4n) is 1.34. The Morgan fingerprint density at radius 1 is 1.45 bits per heavy atom. The van der Waals surface area contributed by atoms with Crippen LogP contribution in [0.5, 0.6) is 0 Å². The van der Waals surface area contributed by atoms with Gasteiger partial charge in [0, 0.05) is 7.11 Å². The van der Waals surface area contributed by atoms with Gasteiger partial charge in [0.1, 0.15) is 0 Å². The molecule has 0 aromatic heterocycles. The molecule has 1 N–H and O–H groups in total. The Bertz CT molecular complexity index is 93.5. The molecule has 11 heavy (non-hydrogen) atoms. The van der Waals surface area contributed by atoms with Crippen molar-refractivity contribution in [2.75, 3.05) is 13.7 Å². The molecular weight excluding hydrogens is 144 g/mol. The third-order valence-electron chi connectivity index (χ3n) is 2.03. The molecular formula is C8H16O3. The Kier molecular flexibility index (Phi) is 3.83. The van der Waals surface area contributed by atoms with Crippen molar-refractivity contribution in [2.45, 2.75) is 38.1 Å². The summed E-state index contributed by atoms with van der Waals surface area (Å²) in [5.41, 5.74) is 0. The lowest BCUT2D eigenvalue weighted by Crippen LogP contribution is -2.24.